The van der Waals surface area contributed by atoms with Gasteiger partial charge in [-0.3, -0.25) is 14.5 Å². The lowest BCUT2D eigenvalue weighted by Gasteiger charge is -2.29. The predicted octanol–water partition coefficient (Wildman–Crippen LogP) is 3.44. The summed E-state index contributed by atoms with van der Waals surface area (Å²) in [6, 6.07) is 6.64. The number of nitrogens with zero attached hydrogens (tertiary/aromatic N) is 2. The molecule has 1 atom stereocenters. The minimum Gasteiger partial charge on any atom is -0.341 e. The Kier molecular flexibility index (Phi) is 6.80. The van der Waals surface area contributed by atoms with Crippen molar-refractivity contribution in [1.29, 1.82) is 0 Å². The summed E-state index contributed by atoms with van der Waals surface area (Å²) < 4.78 is 0. The fraction of sp³-hybridized carbons (Fsp3) is 0.476. The molecule has 0 spiro atoms. The summed E-state index contributed by atoms with van der Waals surface area (Å²) in [7, 11) is 0. The van der Waals surface area contributed by atoms with E-state index in [9.17, 15) is 9.59 Å². The summed E-state index contributed by atoms with van der Waals surface area (Å²) in [6.45, 7) is 8.92. The Balaban J connectivity index is 1.50. The molecule has 1 aliphatic heterocycles. The van der Waals surface area contributed by atoms with Gasteiger partial charge >= 0.3 is 0 Å². The summed E-state index contributed by atoms with van der Waals surface area (Å²) in [6.07, 6.45) is 2.46. The highest BCUT2D eigenvalue weighted by molar-refractivity contribution is 7.13. The van der Waals surface area contributed by atoms with E-state index < -0.39 is 6.04 Å². The van der Waals surface area contributed by atoms with Crippen LogP contribution in [0.5, 0.6) is 0 Å². The van der Waals surface area contributed by atoms with Crippen LogP contribution in [0, 0.1) is 12.8 Å². The van der Waals surface area contributed by atoms with Crippen molar-refractivity contribution < 1.29 is 9.59 Å². The highest BCUT2D eigenvalue weighted by Crippen LogP contribution is 2.21. The lowest BCUT2D eigenvalue weighted by Crippen LogP contribution is -2.41. The molecule has 28 heavy (non-hydrogen) atoms. The molecule has 0 bridgehead atoms. The first kappa shape index (κ1) is 20.5. The molecule has 7 heteroatoms. The molecule has 2 heterocycles. The number of carbonyl (C=O) groups is 2. The molecule has 2 N–H and O–H groups in total. The average Bonchev–Trinajstić information content (AvgIpc) is 3.10. The van der Waals surface area contributed by atoms with Gasteiger partial charge in [-0.15, -0.1) is 11.3 Å². The second-order valence-corrected chi connectivity index (χ2v) is 8.51. The third-order valence-electron chi connectivity index (χ3n) is 5.06. The van der Waals surface area contributed by atoms with Gasteiger partial charge in [-0.1, -0.05) is 24.6 Å². The third-order valence-corrected chi connectivity index (χ3v) is 5.87. The monoisotopic (exact) mass is 400 g/mol. The van der Waals surface area contributed by atoms with Gasteiger partial charge in [0.25, 0.3) is 5.91 Å². The molecule has 2 amide bonds. The molecule has 1 fully saturated rings. The Morgan fingerprint density at radius 1 is 1.32 bits per heavy atom. The van der Waals surface area contributed by atoms with Gasteiger partial charge < -0.3 is 10.6 Å². The number of thiazole rings is 1. The van der Waals surface area contributed by atoms with Crippen molar-refractivity contribution in [3.05, 3.63) is 46.5 Å². The molecule has 2 aromatic rings. The normalized spacial score (nSPS) is 16.5. The van der Waals surface area contributed by atoms with E-state index in [0.29, 0.717) is 10.7 Å². The number of rotatable bonds is 6. The SMILES string of the molecule is Cc1cccc(C(=O)NC(C)C(=O)Nc2nc(CN3CCC(C)CC3)cs2)c1. The van der Waals surface area contributed by atoms with E-state index in [4.69, 9.17) is 0 Å². The van der Waals surface area contributed by atoms with Crippen LogP contribution in [0.25, 0.3) is 0 Å². The fourth-order valence-corrected chi connectivity index (χ4v) is 3.94. The Labute approximate surface area is 170 Å². The molecule has 6 nitrogen and oxygen atoms in total. The van der Waals surface area contributed by atoms with E-state index in [1.807, 2.05) is 24.4 Å². The number of hydrogen-bond donors (Lipinski definition) is 2. The number of amides is 2. The van der Waals surface area contributed by atoms with Crippen molar-refractivity contribution in [3.8, 4) is 0 Å². The number of piperidine rings is 1. The van der Waals surface area contributed by atoms with Crippen LogP contribution in [0.3, 0.4) is 0 Å². The molecule has 0 aliphatic carbocycles. The molecule has 1 unspecified atom stereocenters. The predicted molar refractivity (Wildman–Crippen MR) is 113 cm³/mol. The highest BCUT2D eigenvalue weighted by atomic mass is 32.1. The number of likely N-dealkylation sites (tertiary alicyclic amines) is 1. The first-order valence-corrected chi connectivity index (χ1v) is 10.6. The number of nitrogens with one attached hydrogen (secondary N) is 2. The summed E-state index contributed by atoms with van der Waals surface area (Å²) in [5.41, 5.74) is 2.53. The van der Waals surface area contributed by atoms with Crippen LogP contribution >= 0.6 is 11.3 Å². The van der Waals surface area contributed by atoms with Gasteiger partial charge in [-0.2, -0.15) is 0 Å². The maximum atomic E-state index is 12.4. The van der Waals surface area contributed by atoms with Gasteiger partial charge in [0.15, 0.2) is 5.13 Å². The third kappa shape index (κ3) is 5.62. The van der Waals surface area contributed by atoms with E-state index in [1.54, 1.807) is 19.1 Å². The van der Waals surface area contributed by atoms with Gasteiger partial charge in [0.1, 0.15) is 6.04 Å². The molecule has 1 aromatic heterocycles. The van der Waals surface area contributed by atoms with Crippen molar-refractivity contribution in [1.82, 2.24) is 15.2 Å². The minimum atomic E-state index is -0.649. The number of benzene rings is 1. The zero-order valence-electron chi connectivity index (χ0n) is 16.7. The fourth-order valence-electron chi connectivity index (χ4n) is 3.23. The number of anilines is 1. The standard InChI is InChI=1S/C21H28N4O2S/c1-14-7-9-25(10-8-14)12-18-13-28-21(23-18)24-19(26)16(3)22-20(27)17-6-4-5-15(2)11-17/h4-6,11,13-14,16H,7-10,12H2,1-3H3,(H,22,27)(H,23,24,26). The first-order valence-electron chi connectivity index (χ1n) is 9.76. The van der Waals surface area contributed by atoms with E-state index >= 15 is 0 Å². The molecule has 1 aliphatic rings. The lowest BCUT2D eigenvalue weighted by molar-refractivity contribution is -0.117. The van der Waals surface area contributed by atoms with Gasteiger partial charge in [-0.05, 0) is 57.8 Å². The molecular formula is C21H28N4O2S. The Hall–Kier alpha value is -2.25. The van der Waals surface area contributed by atoms with Crippen molar-refractivity contribution >= 4 is 28.3 Å². The molecule has 150 valence electrons. The van der Waals surface area contributed by atoms with Crippen LogP contribution in [0.1, 0.15) is 48.3 Å². The molecule has 0 saturated carbocycles. The second-order valence-electron chi connectivity index (χ2n) is 7.66. The van der Waals surface area contributed by atoms with Crippen molar-refractivity contribution in [3.63, 3.8) is 0 Å². The maximum absolute atomic E-state index is 12.4. The summed E-state index contributed by atoms with van der Waals surface area (Å²) in [4.78, 5) is 31.7. The summed E-state index contributed by atoms with van der Waals surface area (Å²) in [5, 5.41) is 8.11. The number of aryl methyl sites for hydroxylation is 1. The Bertz CT molecular complexity index is 827. The Morgan fingerprint density at radius 2 is 2.07 bits per heavy atom. The van der Waals surface area contributed by atoms with Gasteiger partial charge in [0.05, 0.1) is 5.69 Å². The van der Waals surface area contributed by atoms with Crippen LogP contribution in [0.2, 0.25) is 0 Å². The zero-order valence-corrected chi connectivity index (χ0v) is 17.5. The number of hydrogen-bond acceptors (Lipinski definition) is 5. The molecular weight excluding hydrogens is 372 g/mol. The molecule has 0 radical (unpaired) electrons. The first-order chi connectivity index (χ1) is 13.4. The quantitative estimate of drug-likeness (QED) is 0.779. The van der Waals surface area contributed by atoms with Gasteiger partial charge in [-0.25, -0.2) is 4.98 Å². The van der Waals surface area contributed by atoms with E-state index in [0.717, 1.165) is 36.8 Å². The molecule has 1 aromatic carbocycles. The topological polar surface area (TPSA) is 74.3 Å². The zero-order chi connectivity index (χ0) is 20.1. The van der Waals surface area contributed by atoms with E-state index in [-0.39, 0.29) is 11.8 Å². The van der Waals surface area contributed by atoms with Crippen molar-refractivity contribution in [2.75, 3.05) is 18.4 Å². The summed E-state index contributed by atoms with van der Waals surface area (Å²) >= 11 is 1.42. The number of carbonyl (C=O) groups excluding carboxylic acids is 2. The second kappa shape index (κ2) is 9.30. The highest BCUT2D eigenvalue weighted by Gasteiger charge is 2.19. The van der Waals surface area contributed by atoms with Crippen LogP contribution in [0.15, 0.2) is 29.6 Å². The average molecular weight is 401 g/mol. The van der Waals surface area contributed by atoms with Crippen molar-refractivity contribution in [2.24, 2.45) is 5.92 Å². The largest absolute Gasteiger partial charge is 0.341 e. The van der Waals surface area contributed by atoms with Gasteiger partial charge in [0.2, 0.25) is 5.91 Å². The number of aromatic nitrogens is 1. The minimum absolute atomic E-state index is 0.259. The maximum Gasteiger partial charge on any atom is 0.251 e. The van der Waals surface area contributed by atoms with Crippen LogP contribution < -0.4 is 10.6 Å². The van der Waals surface area contributed by atoms with E-state index in [2.05, 4.69) is 27.4 Å². The van der Waals surface area contributed by atoms with Crippen LogP contribution in [0.4, 0.5) is 5.13 Å². The van der Waals surface area contributed by atoms with Gasteiger partial charge in [0, 0.05) is 17.5 Å². The van der Waals surface area contributed by atoms with E-state index in [1.165, 1.54) is 24.2 Å². The molecule has 3 rings (SSSR count). The smallest absolute Gasteiger partial charge is 0.251 e. The van der Waals surface area contributed by atoms with Crippen molar-refractivity contribution in [2.45, 2.75) is 46.2 Å². The lowest BCUT2D eigenvalue weighted by atomic mass is 9.99. The molecule has 1 saturated heterocycles. The summed E-state index contributed by atoms with van der Waals surface area (Å²) in [5.74, 6) is 0.275. The van der Waals surface area contributed by atoms with Crippen LogP contribution in [-0.4, -0.2) is 40.8 Å². The van der Waals surface area contributed by atoms with Crippen LogP contribution in [-0.2, 0) is 11.3 Å². The Morgan fingerprint density at radius 3 is 2.79 bits per heavy atom.